The van der Waals surface area contributed by atoms with Crippen molar-refractivity contribution >= 4 is 141 Å². The van der Waals surface area contributed by atoms with Gasteiger partial charge in [-0.15, -0.1) is 0 Å². The molecule has 6 heterocycles. The number of esters is 7. The maximum atomic E-state index is 13.0. The highest BCUT2D eigenvalue weighted by atomic mass is 16.6. The summed E-state index contributed by atoms with van der Waals surface area (Å²) in [6.45, 7) is 42.8. The van der Waals surface area contributed by atoms with E-state index in [1.807, 2.05) is 26.0 Å². The van der Waals surface area contributed by atoms with E-state index in [0.717, 1.165) is 82.6 Å². The summed E-state index contributed by atoms with van der Waals surface area (Å²) in [6.07, 6.45) is -2.42. The summed E-state index contributed by atoms with van der Waals surface area (Å²) in [7, 11) is 0. The topological polar surface area (TPSA) is 470 Å². The van der Waals surface area contributed by atoms with Crippen LogP contribution in [-0.4, -0.2) is 239 Å². The number of fused-ring (bicyclic) bond motifs is 3. The standard InChI is InChI=1S/C33H42N4O10.C31H40N4O9.C28H36N4O4.4CH4/c1-9-37(10-2)14-13-34-30(40)28-17(3)27(35-18(28)4)16-25-24-15-23(11-12-26(24)36-29(25)39)47-33(43)21(7)46-32(42)20(6)45-31(41)19(5)44-22(8)38;1-8-35(9-2)13-12-32-28(38)26-16(3)25(33-17(26)4)15-23-22-14-21(10-11-24(22)34-27(23)37)44-31(41)20(7)43-30(40)19(6)42-29(39)18(5)36;1-6-32(7-2)13-12-29-28(36)26-18(4)25(30-19(26)5)16-23-22-15-20(9-11-24(22)31-27(23)35)14-21(34)10-8-17(3)33;;;;/h11-12,15-16,19-21,35H,9-10,13-14H2,1-8H3,(H,34,40)(H,36,39);10-11,14-15,18-20,33,36H,8-9,12-13H2,1-7H3,(H,32,38)(H,34,37);9,11,15-16,30H,6-8,10,12-14H2,1-5H3,(H,29,36)(H,31,35);4*1H4/b25-16-;23-15-;23-16-;;;;. The van der Waals surface area contributed by atoms with E-state index in [-0.39, 0.29) is 113 Å². The second-order valence-electron chi connectivity index (χ2n) is 30.7. The lowest BCUT2D eigenvalue weighted by Gasteiger charge is -2.18. The fraction of sp³-hybridized carbons (Fsp3) is 0.469. The molecule has 6 atom stereocenters. The Morgan fingerprint density at radius 1 is 0.397 bits per heavy atom. The van der Waals surface area contributed by atoms with Crippen LogP contribution in [0, 0.1) is 41.5 Å². The third-order valence-electron chi connectivity index (χ3n) is 21.3. The SMILES string of the molecule is C.C.C.C.CCN(CC)CCNC(=O)c1c(C)[nH]c(/C=C2\C(=O)Nc3ccc(CC(=O)CCC(C)=O)cc32)c1C.CCN(CC)CCNC(=O)c1c(C)[nH]c(/C=C2\C(=O)Nc3ccc(OC(=O)C(C)OC(=O)C(C)OC(=O)C(C)O)cc32)c1C.CCN(CC)CCNC(=O)c1c(C)[nH]c(/C=C2\C(=O)Nc3ccc(OC(=O)C(C)OC(=O)C(C)OC(=O)C(C)OC(C)=O)cc32)c1C. The number of hydrogen-bond acceptors (Lipinski definition) is 26. The van der Waals surface area contributed by atoms with Gasteiger partial charge in [-0.05, 0) is 218 Å². The van der Waals surface area contributed by atoms with Crippen molar-refractivity contribution in [3.63, 3.8) is 0 Å². The number of carbonyl (C=O) groups excluding carboxylic acids is 15. The zero-order chi connectivity index (χ0) is 94.1. The van der Waals surface area contributed by atoms with Crippen molar-refractivity contribution in [2.45, 2.75) is 224 Å². The fourth-order valence-electron chi connectivity index (χ4n) is 13.9. The first-order chi connectivity index (χ1) is 60.1. The zero-order valence-corrected chi connectivity index (χ0v) is 75.8. The van der Waals surface area contributed by atoms with Crippen LogP contribution in [0.3, 0.4) is 0 Å². The summed E-state index contributed by atoms with van der Waals surface area (Å²) in [4.78, 5) is 202. The molecule has 3 aliphatic heterocycles. The number of ketones is 2. The van der Waals surface area contributed by atoms with Gasteiger partial charge in [0, 0.05) is 133 Å². The Kier molecular flexibility index (Phi) is 44.5. The molecule has 35 heteroatoms. The highest BCUT2D eigenvalue weighted by molar-refractivity contribution is 6.36. The molecule has 9 rings (SSSR count). The number of nitrogens with zero attached hydrogens (tertiary/aromatic N) is 3. The molecule has 6 amide bonds. The van der Waals surface area contributed by atoms with Crippen molar-refractivity contribution in [1.82, 2.24) is 45.6 Å². The number of benzene rings is 3. The number of anilines is 3. The Balaban J connectivity index is 0.000000503. The smallest absolute Gasteiger partial charge is 0.352 e. The minimum absolute atomic E-state index is 0. The van der Waals surface area contributed by atoms with E-state index in [4.69, 9.17) is 33.2 Å². The van der Waals surface area contributed by atoms with E-state index in [9.17, 15) is 77.0 Å². The van der Waals surface area contributed by atoms with Crippen molar-refractivity contribution in [2.24, 2.45) is 0 Å². The molecule has 35 nitrogen and oxygen atoms in total. The Morgan fingerprint density at radius 3 is 0.985 bits per heavy atom. The number of Topliss-reactive ketones (excluding diaryl/α,β-unsaturated/α-hetero) is 2. The number of hydrogen-bond donors (Lipinski definition) is 10. The van der Waals surface area contributed by atoms with Crippen molar-refractivity contribution in [2.75, 3.05) is 94.5 Å². The van der Waals surface area contributed by atoms with Crippen LogP contribution in [0.2, 0.25) is 0 Å². The number of H-pyrrole nitrogens is 3. The van der Waals surface area contributed by atoms with Crippen LogP contribution in [0.15, 0.2) is 54.6 Å². The predicted molar refractivity (Wildman–Crippen MR) is 502 cm³/mol. The van der Waals surface area contributed by atoms with Crippen molar-refractivity contribution in [3.8, 4) is 11.5 Å². The number of amides is 6. The third-order valence-corrected chi connectivity index (χ3v) is 21.3. The molecule has 3 aromatic heterocycles. The molecule has 0 fully saturated rings. The highest BCUT2D eigenvalue weighted by Crippen LogP contribution is 2.40. The van der Waals surface area contributed by atoms with Gasteiger partial charge in [-0.3, -0.25) is 38.4 Å². The van der Waals surface area contributed by atoms with Crippen molar-refractivity contribution in [3.05, 3.63) is 144 Å². The van der Waals surface area contributed by atoms with E-state index >= 15 is 0 Å². The summed E-state index contributed by atoms with van der Waals surface area (Å²) in [5.41, 5.74) is 12.8. The van der Waals surface area contributed by atoms with Gasteiger partial charge in [-0.25, -0.2) is 28.8 Å². The van der Waals surface area contributed by atoms with Crippen LogP contribution >= 0.6 is 0 Å². The average Bonchev–Trinajstić information content (AvgIpc) is 1.64. The number of nitrogens with one attached hydrogen (secondary N) is 9. The van der Waals surface area contributed by atoms with Gasteiger partial charge in [0.1, 0.15) is 29.2 Å². The number of aryl methyl sites for hydroxylation is 3. The van der Waals surface area contributed by atoms with Gasteiger partial charge in [-0.1, -0.05) is 77.3 Å². The first-order valence-corrected chi connectivity index (χ1v) is 42.3. The lowest BCUT2D eigenvalue weighted by molar-refractivity contribution is -0.180. The second-order valence-corrected chi connectivity index (χ2v) is 30.7. The zero-order valence-electron chi connectivity index (χ0n) is 75.8. The minimum Gasteiger partial charge on any atom is -0.451 e. The minimum atomic E-state index is -1.42. The normalized spacial score (nSPS) is 14.3. The number of aromatic nitrogens is 3. The summed E-state index contributed by atoms with van der Waals surface area (Å²) in [5, 5.41) is 26.6. The number of ether oxygens (including phenoxy) is 7. The Hall–Kier alpha value is -13.0. The Labute approximate surface area is 767 Å². The maximum Gasteiger partial charge on any atom is 0.352 e. The lowest BCUT2D eigenvalue weighted by Crippen LogP contribution is -2.36. The summed E-state index contributed by atoms with van der Waals surface area (Å²) < 4.78 is 35.4. The molecule has 3 aromatic carbocycles. The van der Waals surface area contributed by atoms with Crippen molar-refractivity contribution < 1.29 is 110 Å². The number of aliphatic hydroxyl groups excluding tert-OH is 1. The first kappa shape index (κ1) is 112. The van der Waals surface area contributed by atoms with Gasteiger partial charge in [0.2, 0.25) is 0 Å². The van der Waals surface area contributed by atoms with Crippen LogP contribution in [0.4, 0.5) is 17.1 Å². The van der Waals surface area contributed by atoms with Crippen molar-refractivity contribution in [1.29, 1.82) is 0 Å². The van der Waals surface area contributed by atoms with E-state index in [1.54, 1.807) is 64.1 Å². The molecule has 131 heavy (non-hydrogen) atoms. The van der Waals surface area contributed by atoms with Crippen LogP contribution in [-0.2, 0) is 87.6 Å². The van der Waals surface area contributed by atoms with Crippen LogP contribution < -0.4 is 41.4 Å². The monoisotopic (exact) mass is 1820 g/mol. The van der Waals surface area contributed by atoms with E-state index in [1.165, 1.54) is 72.7 Å². The second kappa shape index (κ2) is 52.0. The number of likely N-dealkylation sites (N-methyl/N-ethyl adjacent to an activating group) is 3. The average molecular weight is 1820 g/mol. The van der Waals surface area contributed by atoms with Crippen LogP contribution in [0.5, 0.6) is 11.5 Å². The number of rotatable bonds is 39. The number of aromatic amines is 3. The molecule has 0 spiro atoms. The Bertz CT molecular complexity index is 5240. The Morgan fingerprint density at radius 2 is 0.687 bits per heavy atom. The molecule has 10 N–H and O–H groups in total. The number of carbonyl (C=O) groups is 15. The van der Waals surface area contributed by atoms with Crippen LogP contribution in [0.25, 0.3) is 34.9 Å². The third kappa shape index (κ3) is 30.6. The lowest BCUT2D eigenvalue weighted by atomic mass is 9.98. The maximum absolute atomic E-state index is 13.0. The predicted octanol–water partition coefficient (Wildman–Crippen LogP) is 11.5. The summed E-state index contributed by atoms with van der Waals surface area (Å²) in [6, 6.07) is 14.6. The molecule has 0 bridgehead atoms. The summed E-state index contributed by atoms with van der Waals surface area (Å²) in [5.74, 6) is -7.87. The molecule has 0 saturated heterocycles. The molecule has 0 saturated carbocycles. The van der Waals surface area contributed by atoms with Gasteiger partial charge in [0.15, 0.2) is 30.5 Å². The van der Waals surface area contributed by atoms with Gasteiger partial charge >= 0.3 is 41.8 Å². The van der Waals surface area contributed by atoms with Gasteiger partial charge < -0.3 is 105 Å². The quantitative estimate of drug-likeness (QED) is 0.00741. The van der Waals surface area contributed by atoms with E-state index in [2.05, 4.69) is 103 Å². The molecule has 6 aromatic rings. The van der Waals surface area contributed by atoms with Gasteiger partial charge in [0.05, 0.1) is 33.4 Å². The molecular formula is C96H134N12O23. The number of aliphatic hydroxyl groups is 1. The molecule has 6 unspecified atom stereocenters. The van der Waals surface area contributed by atoms with Crippen LogP contribution in [0.1, 0.15) is 244 Å². The fourth-order valence-corrected chi connectivity index (χ4v) is 13.9. The van der Waals surface area contributed by atoms with E-state index in [0.29, 0.717) is 121 Å². The molecule has 0 aliphatic carbocycles. The first-order valence-electron chi connectivity index (χ1n) is 42.3. The molecular weight excluding hydrogens is 1690 g/mol. The van der Waals surface area contributed by atoms with Gasteiger partial charge in [0.25, 0.3) is 35.4 Å². The molecule has 3 aliphatic rings. The molecule has 0 radical (unpaired) electrons. The van der Waals surface area contributed by atoms with E-state index < -0.39 is 78.4 Å². The summed E-state index contributed by atoms with van der Waals surface area (Å²) >= 11 is 0. The highest BCUT2D eigenvalue weighted by Gasteiger charge is 2.35. The molecule has 716 valence electrons. The largest absolute Gasteiger partial charge is 0.451 e. The van der Waals surface area contributed by atoms with Gasteiger partial charge in [-0.2, -0.15) is 0 Å².